The highest BCUT2D eigenvalue weighted by atomic mass is 35.5. The molecule has 0 aromatic heterocycles. The fourth-order valence-corrected chi connectivity index (χ4v) is 2.79. The molecule has 2 N–H and O–H groups in total. The van der Waals surface area contributed by atoms with Crippen LogP contribution in [-0.2, 0) is 0 Å². The fourth-order valence-electron chi connectivity index (χ4n) is 2.19. The maximum absolute atomic E-state index is 6.01. The smallest absolute Gasteiger partial charge is 0.171 e. The fraction of sp³-hybridized carbons (Fsp3) is 0.235. The molecule has 2 rings (SSSR count). The molecule has 0 radical (unpaired) electrons. The SMILES string of the molecule is COc1ccc(OC)c(C(C)NC(=S)Nc2ccc(Cl)c(Cl)c2)c1. The number of benzene rings is 2. The van der Waals surface area contributed by atoms with Gasteiger partial charge in [-0.05, 0) is 55.5 Å². The lowest BCUT2D eigenvalue weighted by Crippen LogP contribution is -2.31. The zero-order valence-electron chi connectivity index (χ0n) is 13.5. The number of methoxy groups -OCH3 is 2. The Hall–Kier alpha value is -1.69. The molecule has 0 heterocycles. The number of anilines is 1. The lowest BCUT2D eigenvalue weighted by Gasteiger charge is -2.20. The molecule has 1 atom stereocenters. The van der Waals surface area contributed by atoms with Gasteiger partial charge in [-0.1, -0.05) is 23.2 Å². The van der Waals surface area contributed by atoms with E-state index in [4.69, 9.17) is 44.9 Å². The Kier molecular flexibility index (Phi) is 6.54. The van der Waals surface area contributed by atoms with Crippen molar-refractivity contribution in [3.63, 3.8) is 0 Å². The molecule has 0 amide bonds. The molecule has 0 aliphatic rings. The largest absolute Gasteiger partial charge is 0.497 e. The van der Waals surface area contributed by atoms with Gasteiger partial charge in [-0.15, -0.1) is 0 Å². The third kappa shape index (κ3) is 4.66. The van der Waals surface area contributed by atoms with Gasteiger partial charge in [-0.2, -0.15) is 0 Å². The minimum atomic E-state index is -0.0853. The Balaban J connectivity index is 2.09. The van der Waals surface area contributed by atoms with Crippen LogP contribution in [-0.4, -0.2) is 19.3 Å². The standard InChI is InChI=1S/C17H18Cl2N2O2S/c1-10(13-9-12(22-2)5-7-16(13)23-3)20-17(24)21-11-4-6-14(18)15(19)8-11/h4-10H,1-3H3,(H2,20,21,24). The third-order valence-corrected chi connectivity index (χ3v) is 4.39. The van der Waals surface area contributed by atoms with E-state index in [1.54, 1.807) is 32.4 Å². The average Bonchev–Trinajstić information content (AvgIpc) is 2.57. The maximum atomic E-state index is 6.01. The van der Waals surface area contributed by atoms with Crippen LogP contribution in [0.5, 0.6) is 11.5 Å². The molecule has 4 nitrogen and oxygen atoms in total. The molecule has 24 heavy (non-hydrogen) atoms. The highest BCUT2D eigenvalue weighted by Crippen LogP contribution is 2.29. The Morgan fingerprint density at radius 3 is 2.42 bits per heavy atom. The van der Waals surface area contributed by atoms with Gasteiger partial charge < -0.3 is 20.1 Å². The lowest BCUT2D eigenvalue weighted by atomic mass is 10.1. The van der Waals surface area contributed by atoms with Crippen molar-refractivity contribution in [1.82, 2.24) is 5.32 Å². The van der Waals surface area contributed by atoms with Crippen LogP contribution < -0.4 is 20.1 Å². The van der Waals surface area contributed by atoms with Crippen molar-refractivity contribution in [1.29, 1.82) is 0 Å². The Bertz CT molecular complexity index is 741. The van der Waals surface area contributed by atoms with E-state index in [0.29, 0.717) is 15.2 Å². The van der Waals surface area contributed by atoms with Gasteiger partial charge in [0.15, 0.2) is 5.11 Å². The zero-order valence-corrected chi connectivity index (χ0v) is 15.9. The molecular weight excluding hydrogens is 367 g/mol. The van der Waals surface area contributed by atoms with Gasteiger partial charge >= 0.3 is 0 Å². The summed E-state index contributed by atoms with van der Waals surface area (Å²) in [4.78, 5) is 0. The van der Waals surface area contributed by atoms with Gasteiger partial charge in [0, 0.05) is 11.3 Å². The molecule has 0 spiro atoms. The molecule has 0 bridgehead atoms. The predicted molar refractivity (Wildman–Crippen MR) is 104 cm³/mol. The number of hydrogen-bond acceptors (Lipinski definition) is 3. The molecule has 7 heteroatoms. The summed E-state index contributed by atoms with van der Waals surface area (Å²) in [6, 6.07) is 10.8. The van der Waals surface area contributed by atoms with Crippen molar-refractivity contribution in [2.45, 2.75) is 13.0 Å². The highest BCUT2D eigenvalue weighted by Gasteiger charge is 2.14. The number of halogens is 2. The van der Waals surface area contributed by atoms with Crippen LogP contribution in [0.4, 0.5) is 5.69 Å². The molecule has 1 unspecified atom stereocenters. The normalized spacial score (nSPS) is 11.5. The molecule has 0 saturated carbocycles. The summed E-state index contributed by atoms with van der Waals surface area (Å²) in [5.74, 6) is 1.51. The predicted octanol–water partition coefficient (Wildman–Crippen LogP) is 5.06. The number of rotatable bonds is 5. The first-order valence-electron chi connectivity index (χ1n) is 7.19. The topological polar surface area (TPSA) is 42.5 Å². The average molecular weight is 385 g/mol. The van der Waals surface area contributed by atoms with Crippen LogP contribution >= 0.6 is 35.4 Å². The molecule has 0 aliphatic heterocycles. The molecule has 0 aliphatic carbocycles. The van der Waals surface area contributed by atoms with Crippen molar-refractivity contribution in [3.8, 4) is 11.5 Å². The van der Waals surface area contributed by atoms with Crippen LogP contribution in [0, 0.1) is 0 Å². The second kappa shape index (κ2) is 8.42. The summed E-state index contributed by atoms with van der Waals surface area (Å²) in [5.41, 5.74) is 1.70. The van der Waals surface area contributed by atoms with E-state index in [9.17, 15) is 0 Å². The first kappa shape index (κ1) is 18.6. The summed E-state index contributed by atoms with van der Waals surface area (Å²) in [6.07, 6.45) is 0. The van der Waals surface area contributed by atoms with Gasteiger partial charge in [0.25, 0.3) is 0 Å². The van der Waals surface area contributed by atoms with Crippen molar-refractivity contribution >= 4 is 46.2 Å². The quantitative estimate of drug-likeness (QED) is 0.705. The van der Waals surface area contributed by atoms with Gasteiger partial charge in [0.2, 0.25) is 0 Å². The highest BCUT2D eigenvalue weighted by molar-refractivity contribution is 7.80. The van der Waals surface area contributed by atoms with Crippen LogP contribution in [0.15, 0.2) is 36.4 Å². The van der Waals surface area contributed by atoms with E-state index >= 15 is 0 Å². The first-order valence-corrected chi connectivity index (χ1v) is 8.35. The van der Waals surface area contributed by atoms with Gasteiger partial charge in [-0.3, -0.25) is 0 Å². The minimum Gasteiger partial charge on any atom is -0.497 e. The summed E-state index contributed by atoms with van der Waals surface area (Å²) < 4.78 is 10.7. The molecular formula is C17H18Cl2N2O2S. The number of hydrogen-bond donors (Lipinski definition) is 2. The van der Waals surface area contributed by atoms with Crippen LogP contribution in [0.1, 0.15) is 18.5 Å². The van der Waals surface area contributed by atoms with Gasteiger partial charge in [-0.25, -0.2) is 0 Å². The Morgan fingerprint density at radius 1 is 1.04 bits per heavy atom. The number of nitrogens with one attached hydrogen (secondary N) is 2. The second-order valence-corrected chi connectivity index (χ2v) is 6.28. The summed E-state index contributed by atoms with van der Waals surface area (Å²) >= 11 is 17.3. The third-order valence-electron chi connectivity index (χ3n) is 3.43. The van der Waals surface area contributed by atoms with Crippen molar-refractivity contribution in [2.75, 3.05) is 19.5 Å². The summed E-state index contributed by atoms with van der Waals surface area (Å²) in [5, 5.41) is 7.72. The van der Waals surface area contributed by atoms with Crippen LogP contribution in [0.3, 0.4) is 0 Å². The summed E-state index contributed by atoms with van der Waals surface area (Å²) in [6.45, 7) is 1.99. The minimum absolute atomic E-state index is 0.0853. The van der Waals surface area contributed by atoms with Crippen LogP contribution in [0.2, 0.25) is 10.0 Å². The molecule has 0 saturated heterocycles. The molecule has 2 aromatic rings. The summed E-state index contributed by atoms with van der Waals surface area (Å²) in [7, 11) is 3.25. The van der Waals surface area contributed by atoms with E-state index in [2.05, 4.69) is 10.6 Å². The Morgan fingerprint density at radius 2 is 1.79 bits per heavy atom. The number of thiocarbonyl (C=S) groups is 1. The van der Waals surface area contributed by atoms with Crippen molar-refractivity contribution < 1.29 is 9.47 Å². The monoisotopic (exact) mass is 384 g/mol. The zero-order chi connectivity index (χ0) is 17.7. The molecule has 0 fully saturated rings. The first-order chi connectivity index (χ1) is 11.4. The van der Waals surface area contributed by atoms with E-state index < -0.39 is 0 Å². The Labute approximate surface area is 157 Å². The van der Waals surface area contributed by atoms with E-state index in [-0.39, 0.29) is 6.04 Å². The van der Waals surface area contributed by atoms with Crippen molar-refractivity contribution in [3.05, 3.63) is 52.0 Å². The van der Waals surface area contributed by atoms with E-state index in [1.165, 1.54) is 0 Å². The second-order valence-electron chi connectivity index (χ2n) is 5.06. The molecule has 128 valence electrons. The van der Waals surface area contributed by atoms with Crippen molar-refractivity contribution in [2.24, 2.45) is 0 Å². The van der Waals surface area contributed by atoms with Gasteiger partial charge in [0.05, 0.1) is 30.3 Å². The molecule has 2 aromatic carbocycles. The van der Waals surface area contributed by atoms with Gasteiger partial charge in [0.1, 0.15) is 11.5 Å². The lowest BCUT2D eigenvalue weighted by molar-refractivity contribution is 0.395. The maximum Gasteiger partial charge on any atom is 0.171 e. The van der Waals surface area contributed by atoms with E-state index in [0.717, 1.165) is 22.7 Å². The number of ether oxygens (including phenoxy) is 2. The van der Waals surface area contributed by atoms with Crippen LogP contribution in [0.25, 0.3) is 0 Å². The van der Waals surface area contributed by atoms with E-state index in [1.807, 2.05) is 25.1 Å².